The Morgan fingerprint density at radius 3 is 2.72 bits per heavy atom. The molecule has 2 saturated heterocycles. The lowest BCUT2D eigenvalue weighted by Gasteiger charge is -2.34. The summed E-state index contributed by atoms with van der Waals surface area (Å²) in [7, 11) is 0. The van der Waals surface area contributed by atoms with E-state index in [0.29, 0.717) is 11.6 Å². The quantitative estimate of drug-likeness (QED) is 0.611. The number of rotatable bonds is 5. The highest BCUT2D eigenvalue weighted by molar-refractivity contribution is 9.10. The summed E-state index contributed by atoms with van der Waals surface area (Å²) in [6.45, 7) is 6.77. The SMILES string of the molecule is CC1CN(Cc2csc(NC(=O)C3CC(c4ccc(Br)cc4)NN3)n2)CC(C)O1. The molecule has 2 aliphatic rings. The minimum atomic E-state index is -0.295. The zero-order valence-electron chi connectivity index (χ0n) is 16.5. The van der Waals surface area contributed by atoms with Crippen molar-refractivity contribution in [2.24, 2.45) is 0 Å². The highest BCUT2D eigenvalue weighted by Crippen LogP contribution is 2.25. The first-order valence-corrected chi connectivity index (χ1v) is 11.5. The molecule has 29 heavy (non-hydrogen) atoms. The molecule has 0 bridgehead atoms. The van der Waals surface area contributed by atoms with Crippen molar-refractivity contribution in [3.63, 3.8) is 0 Å². The van der Waals surface area contributed by atoms with Gasteiger partial charge in [-0.1, -0.05) is 28.1 Å². The van der Waals surface area contributed by atoms with E-state index >= 15 is 0 Å². The Labute approximate surface area is 183 Å². The number of ether oxygens (including phenoxy) is 1. The summed E-state index contributed by atoms with van der Waals surface area (Å²) in [5.74, 6) is -0.0633. The summed E-state index contributed by atoms with van der Waals surface area (Å²) in [6, 6.07) is 7.96. The lowest BCUT2D eigenvalue weighted by Crippen LogP contribution is -2.44. The van der Waals surface area contributed by atoms with Gasteiger partial charge in [0.05, 0.1) is 17.9 Å². The van der Waals surface area contributed by atoms with Crippen LogP contribution in [0.15, 0.2) is 34.1 Å². The Morgan fingerprint density at radius 2 is 2.00 bits per heavy atom. The molecule has 0 spiro atoms. The minimum Gasteiger partial charge on any atom is -0.373 e. The monoisotopic (exact) mass is 479 g/mol. The van der Waals surface area contributed by atoms with Gasteiger partial charge < -0.3 is 10.1 Å². The maximum atomic E-state index is 12.6. The third-order valence-corrected chi connectivity index (χ3v) is 6.49. The van der Waals surface area contributed by atoms with Crippen molar-refractivity contribution in [3.8, 4) is 0 Å². The number of halogens is 1. The normalized spacial score (nSPS) is 27.8. The third kappa shape index (κ3) is 5.42. The Hall–Kier alpha value is -1.36. The Balaban J connectivity index is 1.30. The molecule has 156 valence electrons. The van der Waals surface area contributed by atoms with E-state index < -0.39 is 0 Å². The van der Waals surface area contributed by atoms with Crippen molar-refractivity contribution in [1.82, 2.24) is 20.7 Å². The third-order valence-electron chi connectivity index (χ3n) is 5.15. The van der Waals surface area contributed by atoms with Gasteiger partial charge in [0, 0.05) is 35.5 Å². The topological polar surface area (TPSA) is 78.5 Å². The molecule has 0 aliphatic carbocycles. The molecule has 1 aromatic heterocycles. The molecule has 2 aliphatic heterocycles. The summed E-state index contributed by atoms with van der Waals surface area (Å²) in [6.07, 6.45) is 1.15. The van der Waals surface area contributed by atoms with Crippen molar-refractivity contribution in [2.45, 2.75) is 51.1 Å². The number of carbonyl (C=O) groups excluding carboxylic acids is 1. The number of thiazole rings is 1. The molecule has 0 radical (unpaired) electrons. The van der Waals surface area contributed by atoms with Gasteiger partial charge >= 0.3 is 0 Å². The highest BCUT2D eigenvalue weighted by Gasteiger charge is 2.30. The van der Waals surface area contributed by atoms with Crippen LogP contribution in [0.3, 0.4) is 0 Å². The lowest BCUT2D eigenvalue weighted by atomic mass is 10.0. The van der Waals surface area contributed by atoms with Crippen LogP contribution in [0.1, 0.15) is 37.6 Å². The van der Waals surface area contributed by atoms with E-state index in [9.17, 15) is 4.79 Å². The second-order valence-corrected chi connectivity index (χ2v) is 9.54. The maximum absolute atomic E-state index is 12.6. The zero-order valence-corrected chi connectivity index (χ0v) is 18.9. The van der Waals surface area contributed by atoms with Crippen LogP contribution in [0.25, 0.3) is 0 Å². The van der Waals surface area contributed by atoms with E-state index in [1.165, 1.54) is 11.3 Å². The number of aromatic nitrogens is 1. The van der Waals surface area contributed by atoms with Crippen molar-refractivity contribution < 1.29 is 9.53 Å². The van der Waals surface area contributed by atoms with Crippen molar-refractivity contribution in [1.29, 1.82) is 0 Å². The number of benzene rings is 1. The second kappa shape index (κ2) is 9.20. The fourth-order valence-electron chi connectivity index (χ4n) is 3.91. The van der Waals surface area contributed by atoms with Crippen LogP contribution >= 0.6 is 27.3 Å². The Kier molecular flexibility index (Phi) is 6.63. The van der Waals surface area contributed by atoms with E-state index in [2.05, 4.69) is 68.0 Å². The van der Waals surface area contributed by atoms with Crippen LogP contribution in [0.2, 0.25) is 0 Å². The van der Waals surface area contributed by atoms with Crippen molar-refractivity contribution in [2.75, 3.05) is 18.4 Å². The van der Waals surface area contributed by atoms with Crippen LogP contribution in [-0.2, 0) is 16.1 Å². The molecule has 1 aromatic carbocycles. The molecule has 4 rings (SSSR count). The molecule has 3 N–H and O–H groups in total. The second-order valence-electron chi connectivity index (χ2n) is 7.77. The average molecular weight is 480 g/mol. The fourth-order valence-corrected chi connectivity index (χ4v) is 4.88. The first-order chi connectivity index (χ1) is 14.0. The van der Waals surface area contributed by atoms with Gasteiger partial charge in [0.25, 0.3) is 0 Å². The summed E-state index contributed by atoms with van der Waals surface area (Å²) < 4.78 is 6.83. The number of carbonyl (C=O) groups is 1. The molecule has 2 fully saturated rings. The molecule has 1 amide bonds. The van der Waals surface area contributed by atoms with E-state index in [-0.39, 0.29) is 30.2 Å². The predicted octanol–water partition coefficient (Wildman–Crippen LogP) is 3.06. The predicted molar refractivity (Wildman–Crippen MR) is 118 cm³/mol. The highest BCUT2D eigenvalue weighted by atomic mass is 79.9. The van der Waals surface area contributed by atoms with Crippen LogP contribution in [0, 0.1) is 0 Å². The summed E-state index contributed by atoms with van der Waals surface area (Å²) in [5, 5.41) is 5.62. The molecule has 9 heteroatoms. The van der Waals surface area contributed by atoms with Gasteiger partial charge in [-0.3, -0.25) is 9.69 Å². The lowest BCUT2D eigenvalue weighted by molar-refractivity contribution is -0.117. The number of nitrogens with zero attached hydrogens (tertiary/aromatic N) is 2. The van der Waals surface area contributed by atoms with E-state index in [4.69, 9.17) is 4.74 Å². The van der Waals surface area contributed by atoms with Gasteiger partial charge in [-0.2, -0.15) is 0 Å². The number of hydrogen-bond donors (Lipinski definition) is 3. The number of morpholine rings is 1. The Bertz CT molecular complexity index is 836. The van der Waals surface area contributed by atoms with Gasteiger partial charge in [0.15, 0.2) is 5.13 Å². The molecule has 3 heterocycles. The molecule has 0 saturated carbocycles. The minimum absolute atomic E-state index is 0.0633. The molecular weight excluding hydrogens is 454 g/mol. The molecule has 4 unspecified atom stereocenters. The first kappa shape index (κ1) is 20.9. The summed E-state index contributed by atoms with van der Waals surface area (Å²) >= 11 is 4.92. The van der Waals surface area contributed by atoms with Crippen LogP contribution in [-0.4, -0.2) is 47.1 Å². The molecule has 7 nitrogen and oxygen atoms in total. The van der Waals surface area contributed by atoms with E-state index in [1.54, 1.807) is 0 Å². The van der Waals surface area contributed by atoms with E-state index in [0.717, 1.165) is 35.4 Å². The maximum Gasteiger partial charge on any atom is 0.244 e. The number of hydrogen-bond acceptors (Lipinski definition) is 7. The Morgan fingerprint density at radius 1 is 1.28 bits per heavy atom. The van der Waals surface area contributed by atoms with Gasteiger partial charge in [0.1, 0.15) is 6.04 Å². The van der Waals surface area contributed by atoms with Gasteiger partial charge in [0.2, 0.25) is 5.91 Å². The smallest absolute Gasteiger partial charge is 0.244 e. The number of amides is 1. The zero-order chi connectivity index (χ0) is 20.4. The van der Waals surface area contributed by atoms with Crippen molar-refractivity contribution in [3.05, 3.63) is 45.4 Å². The molecule has 2 aromatic rings. The number of hydrazine groups is 1. The molecular formula is C20H26BrN5O2S. The average Bonchev–Trinajstić information content (AvgIpc) is 3.31. The standard InChI is InChI=1S/C20H26BrN5O2S/c1-12-8-26(9-13(2)28-12)10-16-11-29-20(22-16)23-19(27)18-7-17(24-25-18)14-3-5-15(21)6-4-14/h3-6,11-13,17-18,24-25H,7-10H2,1-2H3,(H,22,23,27). The van der Waals surface area contributed by atoms with Gasteiger partial charge in [-0.25, -0.2) is 15.8 Å². The van der Waals surface area contributed by atoms with Crippen LogP contribution in [0.5, 0.6) is 0 Å². The fraction of sp³-hybridized carbons (Fsp3) is 0.500. The summed E-state index contributed by atoms with van der Waals surface area (Å²) in [4.78, 5) is 19.6. The van der Waals surface area contributed by atoms with Gasteiger partial charge in [-0.15, -0.1) is 11.3 Å². The van der Waals surface area contributed by atoms with Gasteiger partial charge in [-0.05, 0) is 38.0 Å². The van der Waals surface area contributed by atoms with Crippen LogP contribution < -0.4 is 16.2 Å². The van der Waals surface area contributed by atoms with Crippen LogP contribution in [0.4, 0.5) is 5.13 Å². The summed E-state index contributed by atoms with van der Waals surface area (Å²) in [5.41, 5.74) is 8.46. The van der Waals surface area contributed by atoms with E-state index in [1.807, 2.05) is 17.5 Å². The first-order valence-electron chi connectivity index (χ1n) is 9.86. The van der Waals surface area contributed by atoms with Crippen molar-refractivity contribution >= 4 is 38.3 Å². The number of nitrogens with one attached hydrogen (secondary N) is 3. The largest absolute Gasteiger partial charge is 0.373 e. The molecule has 4 atom stereocenters. The number of anilines is 1.